The van der Waals surface area contributed by atoms with E-state index >= 15 is 0 Å². The molecule has 2 aromatic carbocycles. The van der Waals surface area contributed by atoms with Crippen molar-refractivity contribution < 1.29 is 14.6 Å². The Morgan fingerprint density at radius 2 is 1.50 bits per heavy atom. The molecule has 160 valence electrons. The summed E-state index contributed by atoms with van der Waals surface area (Å²) >= 11 is 0. The predicted octanol–water partition coefficient (Wildman–Crippen LogP) is 3.64. The SMILES string of the molecule is CCC(O)C#C/C=C(/C)C(O)CO[Si](c1ccccc1)(c1ccccc1)C(C)(C)C. The van der Waals surface area contributed by atoms with Crippen LogP contribution in [0, 0.1) is 11.8 Å². The lowest BCUT2D eigenvalue weighted by Gasteiger charge is -2.43. The minimum absolute atomic E-state index is 0.141. The molecule has 0 aromatic heterocycles. The van der Waals surface area contributed by atoms with Gasteiger partial charge in [-0.15, -0.1) is 0 Å². The number of hydrogen-bond donors (Lipinski definition) is 2. The lowest BCUT2D eigenvalue weighted by molar-refractivity contribution is 0.129. The van der Waals surface area contributed by atoms with E-state index in [0.717, 1.165) is 5.57 Å². The molecule has 0 saturated carbocycles. The summed E-state index contributed by atoms with van der Waals surface area (Å²) < 4.78 is 6.75. The van der Waals surface area contributed by atoms with Crippen LogP contribution in [-0.4, -0.2) is 37.3 Å². The summed E-state index contributed by atoms with van der Waals surface area (Å²) in [6, 6.07) is 20.8. The van der Waals surface area contributed by atoms with Gasteiger partial charge in [0, 0.05) is 0 Å². The van der Waals surface area contributed by atoms with Crippen molar-refractivity contribution in [1.82, 2.24) is 0 Å². The van der Waals surface area contributed by atoms with Crippen molar-refractivity contribution in [2.75, 3.05) is 6.61 Å². The topological polar surface area (TPSA) is 49.7 Å². The average Bonchev–Trinajstić information content (AvgIpc) is 2.74. The quantitative estimate of drug-likeness (QED) is 0.529. The zero-order chi connectivity index (χ0) is 22.2. The van der Waals surface area contributed by atoms with Crippen LogP contribution in [0.25, 0.3) is 0 Å². The van der Waals surface area contributed by atoms with E-state index in [1.807, 2.05) is 50.2 Å². The van der Waals surface area contributed by atoms with Crippen LogP contribution in [-0.2, 0) is 4.43 Å². The van der Waals surface area contributed by atoms with Crippen LogP contribution < -0.4 is 10.4 Å². The molecule has 0 saturated heterocycles. The Morgan fingerprint density at radius 3 is 1.93 bits per heavy atom. The Morgan fingerprint density at radius 1 is 1.00 bits per heavy atom. The number of allylic oxidation sites excluding steroid dienone is 1. The molecule has 2 atom stereocenters. The third-order valence-corrected chi connectivity index (χ3v) is 10.3. The summed E-state index contributed by atoms with van der Waals surface area (Å²) in [5.74, 6) is 5.59. The fraction of sp³-hybridized carbons (Fsp3) is 0.385. The first-order valence-electron chi connectivity index (χ1n) is 10.5. The van der Waals surface area contributed by atoms with Crippen molar-refractivity contribution in [3.63, 3.8) is 0 Å². The van der Waals surface area contributed by atoms with Crippen LogP contribution in [0.3, 0.4) is 0 Å². The first-order valence-corrected chi connectivity index (χ1v) is 12.4. The van der Waals surface area contributed by atoms with Crippen molar-refractivity contribution in [3.8, 4) is 11.8 Å². The smallest absolute Gasteiger partial charge is 0.261 e. The molecule has 3 nitrogen and oxygen atoms in total. The fourth-order valence-corrected chi connectivity index (χ4v) is 8.11. The van der Waals surface area contributed by atoms with Crippen molar-refractivity contribution >= 4 is 18.7 Å². The van der Waals surface area contributed by atoms with E-state index < -0.39 is 20.5 Å². The van der Waals surface area contributed by atoms with Gasteiger partial charge in [0.25, 0.3) is 8.32 Å². The van der Waals surface area contributed by atoms with Gasteiger partial charge in [-0.05, 0) is 40.4 Å². The normalized spacial score (nSPS) is 14.6. The van der Waals surface area contributed by atoms with E-state index in [0.29, 0.717) is 6.42 Å². The molecule has 0 amide bonds. The third-order valence-electron chi connectivity index (χ3n) is 5.34. The van der Waals surface area contributed by atoms with Gasteiger partial charge in [0.15, 0.2) is 0 Å². The van der Waals surface area contributed by atoms with Crippen LogP contribution in [0.2, 0.25) is 5.04 Å². The van der Waals surface area contributed by atoms with Gasteiger partial charge >= 0.3 is 0 Å². The van der Waals surface area contributed by atoms with E-state index in [9.17, 15) is 10.2 Å². The van der Waals surface area contributed by atoms with Crippen LogP contribution >= 0.6 is 0 Å². The maximum Gasteiger partial charge on any atom is 0.261 e. The molecule has 0 fully saturated rings. The van der Waals surface area contributed by atoms with Crippen LogP contribution in [0.1, 0.15) is 41.0 Å². The number of hydrogen-bond acceptors (Lipinski definition) is 3. The van der Waals surface area contributed by atoms with Gasteiger partial charge in [0.05, 0.1) is 12.7 Å². The Balaban J connectivity index is 2.39. The highest BCUT2D eigenvalue weighted by Crippen LogP contribution is 2.36. The van der Waals surface area contributed by atoms with E-state index in [1.54, 1.807) is 6.08 Å². The molecule has 30 heavy (non-hydrogen) atoms. The highest BCUT2D eigenvalue weighted by Gasteiger charge is 2.50. The summed E-state index contributed by atoms with van der Waals surface area (Å²) in [6.07, 6.45) is 0.844. The molecule has 0 aliphatic carbocycles. The Hall–Kier alpha value is -2.16. The number of aliphatic hydroxyl groups excluding tert-OH is 2. The van der Waals surface area contributed by atoms with Crippen molar-refractivity contribution in [2.45, 2.75) is 58.3 Å². The molecule has 0 bridgehead atoms. The van der Waals surface area contributed by atoms with Gasteiger partial charge in [0.2, 0.25) is 0 Å². The molecule has 4 heteroatoms. The number of benzene rings is 2. The molecule has 0 spiro atoms. The Bertz CT molecular complexity index is 834. The second-order valence-electron chi connectivity index (χ2n) is 8.59. The van der Waals surface area contributed by atoms with Gasteiger partial charge in [-0.25, -0.2) is 0 Å². The predicted molar refractivity (Wildman–Crippen MR) is 127 cm³/mol. The van der Waals surface area contributed by atoms with Gasteiger partial charge in [-0.3, -0.25) is 0 Å². The van der Waals surface area contributed by atoms with E-state index in [4.69, 9.17) is 4.43 Å². The Labute approximate surface area is 182 Å². The third kappa shape index (κ3) is 5.71. The van der Waals surface area contributed by atoms with Gasteiger partial charge in [0.1, 0.15) is 6.10 Å². The zero-order valence-electron chi connectivity index (χ0n) is 18.7. The van der Waals surface area contributed by atoms with Crippen LogP contribution in [0.5, 0.6) is 0 Å². The second-order valence-corrected chi connectivity index (χ2v) is 12.9. The number of rotatable bonds is 7. The highest BCUT2D eigenvalue weighted by atomic mass is 28.4. The molecule has 0 heterocycles. The van der Waals surface area contributed by atoms with E-state index in [1.165, 1.54) is 10.4 Å². The van der Waals surface area contributed by atoms with Crippen LogP contribution in [0.15, 0.2) is 72.3 Å². The first-order chi connectivity index (χ1) is 14.2. The molecule has 2 N–H and O–H groups in total. The minimum atomic E-state index is -2.68. The molecule has 0 aliphatic heterocycles. The standard InChI is InChI=1S/C26H34O3Si/c1-6-22(27)15-13-14-21(2)25(28)20-29-30(26(3,4)5,23-16-9-7-10-17-23)24-18-11-8-12-19-24/h7-12,14,16-19,22,25,27-28H,6,20H2,1-5H3/b21-14-. The summed E-state index contributed by atoms with van der Waals surface area (Å²) in [5.41, 5.74) is 0.726. The summed E-state index contributed by atoms with van der Waals surface area (Å²) in [5, 5.41) is 22.6. The van der Waals surface area contributed by atoms with E-state index in [2.05, 4.69) is 56.9 Å². The fourth-order valence-electron chi connectivity index (χ4n) is 3.55. The molecule has 0 aliphatic rings. The van der Waals surface area contributed by atoms with Crippen molar-refractivity contribution in [2.24, 2.45) is 0 Å². The average molecular weight is 423 g/mol. The molecular weight excluding hydrogens is 388 g/mol. The summed E-state index contributed by atoms with van der Waals surface area (Å²) in [4.78, 5) is 0. The van der Waals surface area contributed by atoms with Crippen molar-refractivity contribution in [1.29, 1.82) is 0 Å². The minimum Gasteiger partial charge on any atom is -0.404 e. The second kappa shape index (κ2) is 10.7. The van der Waals surface area contributed by atoms with Gasteiger partial charge in [-0.1, -0.05) is 100 Å². The molecule has 2 aromatic rings. The maximum atomic E-state index is 10.8. The van der Waals surface area contributed by atoms with Crippen molar-refractivity contribution in [3.05, 3.63) is 72.3 Å². The van der Waals surface area contributed by atoms with E-state index in [-0.39, 0.29) is 11.6 Å². The summed E-state index contributed by atoms with van der Waals surface area (Å²) in [7, 11) is -2.68. The summed E-state index contributed by atoms with van der Waals surface area (Å²) in [6.45, 7) is 10.5. The van der Waals surface area contributed by atoms with Crippen LogP contribution in [0.4, 0.5) is 0 Å². The lowest BCUT2D eigenvalue weighted by Crippen LogP contribution is -2.67. The Kier molecular flexibility index (Phi) is 8.63. The molecule has 2 rings (SSSR count). The maximum absolute atomic E-state index is 10.8. The monoisotopic (exact) mass is 422 g/mol. The number of aliphatic hydroxyl groups is 2. The zero-order valence-corrected chi connectivity index (χ0v) is 19.7. The molecule has 0 radical (unpaired) electrons. The van der Waals surface area contributed by atoms with Gasteiger partial charge in [-0.2, -0.15) is 0 Å². The first kappa shape index (κ1) is 24.1. The molecule has 2 unspecified atom stereocenters. The lowest BCUT2D eigenvalue weighted by atomic mass is 10.1. The molecular formula is C26H34O3Si. The highest BCUT2D eigenvalue weighted by molar-refractivity contribution is 6.99. The van der Waals surface area contributed by atoms with Gasteiger partial charge < -0.3 is 14.6 Å². The largest absolute Gasteiger partial charge is 0.404 e.